The molecule has 3 nitrogen and oxygen atoms in total. The molecule has 2 saturated carbocycles. The molecular weight excluding hydrogens is 297 g/mol. The minimum atomic E-state index is -0.128. The first kappa shape index (κ1) is 12.7. The molecule has 20 heavy (non-hydrogen) atoms. The number of carbonyl (C=O) groups is 2. The van der Waals surface area contributed by atoms with Gasteiger partial charge in [-0.25, -0.2) is 4.90 Å². The van der Waals surface area contributed by atoms with Crippen LogP contribution >= 0.6 is 23.2 Å². The van der Waals surface area contributed by atoms with E-state index >= 15 is 0 Å². The van der Waals surface area contributed by atoms with Crippen molar-refractivity contribution in [2.24, 2.45) is 23.7 Å². The maximum Gasteiger partial charge on any atom is 0.238 e. The summed E-state index contributed by atoms with van der Waals surface area (Å²) < 4.78 is 0. The van der Waals surface area contributed by atoms with Crippen LogP contribution in [0.1, 0.15) is 19.3 Å². The second-order valence-electron chi connectivity index (χ2n) is 5.97. The molecule has 1 aromatic carbocycles. The first-order chi connectivity index (χ1) is 9.59. The lowest BCUT2D eigenvalue weighted by atomic mass is 9.81. The summed E-state index contributed by atoms with van der Waals surface area (Å²) in [6, 6.07) is 5.06. The van der Waals surface area contributed by atoms with Crippen molar-refractivity contribution in [3.05, 3.63) is 28.2 Å². The second kappa shape index (κ2) is 4.22. The van der Waals surface area contributed by atoms with Gasteiger partial charge in [-0.2, -0.15) is 0 Å². The van der Waals surface area contributed by atoms with Gasteiger partial charge in [0, 0.05) is 0 Å². The zero-order chi connectivity index (χ0) is 14.0. The van der Waals surface area contributed by atoms with E-state index in [-0.39, 0.29) is 28.7 Å². The smallest absolute Gasteiger partial charge is 0.238 e. The normalized spacial score (nSPS) is 35.0. The highest BCUT2D eigenvalue weighted by molar-refractivity contribution is 6.44. The molecule has 1 aromatic rings. The molecular formula is C15H13Cl2NO2. The highest BCUT2D eigenvalue weighted by Crippen LogP contribution is 2.57. The molecule has 0 radical (unpaired) electrons. The zero-order valence-corrected chi connectivity index (χ0v) is 12.2. The van der Waals surface area contributed by atoms with E-state index in [2.05, 4.69) is 0 Å². The third kappa shape index (κ3) is 1.48. The van der Waals surface area contributed by atoms with Crippen LogP contribution in [0.25, 0.3) is 0 Å². The van der Waals surface area contributed by atoms with Crippen LogP contribution in [-0.2, 0) is 9.59 Å². The fourth-order valence-corrected chi connectivity index (χ4v) is 4.69. The summed E-state index contributed by atoms with van der Waals surface area (Å²) in [7, 11) is 0. The number of carbonyl (C=O) groups excluding carboxylic acids is 2. The van der Waals surface area contributed by atoms with Crippen LogP contribution in [0.5, 0.6) is 0 Å². The molecule has 1 heterocycles. The number of amides is 2. The minimum absolute atomic E-state index is 0.0867. The van der Waals surface area contributed by atoms with Gasteiger partial charge in [-0.3, -0.25) is 9.59 Å². The number of hydrogen-bond acceptors (Lipinski definition) is 2. The van der Waals surface area contributed by atoms with Gasteiger partial charge in [-0.05, 0) is 43.2 Å². The third-order valence-electron chi connectivity index (χ3n) is 5.10. The molecule has 0 aromatic heterocycles. The van der Waals surface area contributed by atoms with Crippen LogP contribution in [0, 0.1) is 23.7 Å². The van der Waals surface area contributed by atoms with Crippen LogP contribution in [0.15, 0.2) is 18.2 Å². The first-order valence-corrected chi connectivity index (χ1v) is 7.67. The Hall–Kier alpha value is -1.06. The molecule has 0 spiro atoms. The Balaban J connectivity index is 1.79. The van der Waals surface area contributed by atoms with E-state index < -0.39 is 0 Å². The molecule has 1 saturated heterocycles. The van der Waals surface area contributed by atoms with Crippen molar-refractivity contribution in [3.63, 3.8) is 0 Å². The van der Waals surface area contributed by atoms with Crippen LogP contribution in [0.3, 0.4) is 0 Å². The van der Waals surface area contributed by atoms with Gasteiger partial charge >= 0.3 is 0 Å². The SMILES string of the molecule is O=C1[C@@H]2[C@H]3CC[C@@H](C3)[C@H]2C(=O)N1c1cccc(Cl)c1Cl. The van der Waals surface area contributed by atoms with Gasteiger partial charge in [0.25, 0.3) is 0 Å². The van der Waals surface area contributed by atoms with Crippen molar-refractivity contribution in [2.75, 3.05) is 4.90 Å². The number of benzene rings is 1. The van der Waals surface area contributed by atoms with E-state index in [9.17, 15) is 9.59 Å². The minimum Gasteiger partial charge on any atom is -0.274 e. The van der Waals surface area contributed by atoms with E-state index in [0.29, 0.717) is 22.5 Å². The number of fused-ring (bicyclic) bond motifs is 5. The molecule has 1 aliphatic heterocycles. The van der Waals surface area contributed by atoms with Crippen LogP contribution < -0.4 is 4.90 Å². The first-order valence-electron chi connectivity index (χ1n) is 6.91. The molecule has 2 aliphatic carbocycles. The van der Waals surface area contributed by atoms with Gasteiger partial charge in [0.05, 0.1) is 27.6 Å². The summed E-state index contributed by atoms with van der Waals surface area (Å²) in [4.78, 5) is 26.6. The number of nitrogens with zero attached hydrogens (tertiary/aromatic N) is 1. The summed E-state index contributed by atoms with van der Waals surface area (Å²) in [5, 5.41) is 0.646. The maximum atomic E-state index is 12.7. The predicted octanol–water partition coefficient (Wildman–Crippen LogP) is 3.53. The van der Waals surface area contributed by atoms with Crippen molar-refractivity contribution < 1.29 is 9.59 Å². The fourth-order valence-electron chi connectivity index (χ4n) is 4.31. The molecule has 3 fully saturated rings. The second-order valence-corrected chi connectivity index (χ2v) is 6.75. The van der Waals surface area contributed by atoms with Gasteiger partial charge < -0.3 is 0 Å². The third-order valence-corrected chi connectivity index (χ3v) is 5.91. The monoisotopic (exact) mass is 309 g/mol. The van der Waals surface area contributed by atoms with Crippen molar-refractivity contribution in [1.29, 1.82) is 0 Å². The Kier molecular flexibility index (Phi) is 2.67. The maximum absolute atomic E-state index is 12.7. The highest BCUT2D eigenvalue weighted by Gasteiger charge is 2.61. The number of anilines is 1. The highest BCUT2D eigenvalue weighted by atomic mass is 35.5. The van der Waals surface area contributed by atoms with Gasteiger partial charge in [0.1, 0.15) is 0 Å². The fraction of sp³-hybridized carbons (Fsp3) is 0.467. The number of rotatable bonds is 1. The Labute approximate surface area is 126 Å². The van der Waals surface area contributed by atoms with Gasteiger partial charge in [0.2, 0.25) is 11.8 Å². The van der Waals surface area contributed by atoms with Crippen molar-refractivity contribution >= 4 is 40.7 Å². The van der Waals surface area contributed by atoms with E-state index in [0.717, 1.165) is 19.3 Å². The van der Waals surface area contributed by atoms with E-state index in [1.165, 1.54) is 4.90 Å². The van der Waals surface area contributed by atoms with Crippen molar-refractivity contribution in [3.8, 4) is 0 Å². The lowest BCUT2D eigenvalue weighted by Crippen LogP contribution is -2.33. The Morgan fingerprint density at radius 3 is 2.20 bits per heavy atom. The average molecular weight is 310 g/mol. The number of imide groups is 1. The largest absolute Gasteiger partial charge is 0.274 e. The number of hydrogen-bond donors (Lipinski definition) is 0. The number of halogens is 2. The summed E-state index contributed by atoms with van der Waals surface area (Å²) in [5.74, 6) is 0.328. The quantitative estimate of drug-likeness (QED) is 0.744. The summed E-state index contributed by atoms with van der Waals surface area (Å²) >= 11 is 12.2. The summed E-state index contributed by atoms with van der Waals surface area (Å²) in [5.41, 5.74) is 0.433. The molecule has 0 N–H and O–H groups in total. The average Bonchev–Trinajstić information content (AvgIpc) is 3.09. The van der Waals surface area contributed by atoms with E-state index in [1.54, 1.807) is 18.2 Å². The van der Waals surface area contributed by atoms with Crippen LogP contribution in [0.4, 0.5) is 5.69 Å². The topological polar surface area (TPSA) is 37.4 Å². The Morgan fingerprint density at radius 1 is 1.00 bits per heavy atom. The molecule has 3 aliphatic rings. The van der Waals surface area contributed by atoms with Gasteiger partial charge in [-0.15, -0.1) is 0 Å². The Bertz CT molecular complexity index is 602. The van der Waals surface area contributed by atoms with Crippen LogP contribution in [-0.4, -0.2) is 11.8 Å². The van der Waals surface area contributed by atoms with Crippen molar-refractivity contribution in [1.82, 2.24) is 0 Å². The van der Waals surface area contributed by atoms with Gasteiger partial charge in [-0.1, -0.05) is 29.3 Å². The van der Waals surface area contributed by atoms with Gasteiger partial charge in [0.15, 0.2) is 0 Å². The predicted molar refractivity (Wildman–Crippen MR) is 76.8 cm³/mol. The lowest BCUT2D eigenvalue weighted by molar-refractivity contribution is -0.123. The van der Waals surface area contributed by atoms with Crippen LogP contribution in [0.2, 0.25) is 10.0 Å². The molecule has 104 valence electrons. The molecule has 5 heteroatoms. The van der Waals surface area contributed by atoms with E-state index in [4.69, 9.17) is 23.2 Å². The molecule has 4 rings (SSSR count). The molecule has 2 bridgehead atoms. The van der Waals surface area contributed by atoms with E-state index in [1.807, 2.05) is 0 Å². The standard InChI is InChI=1S/C15H13Cl2NO2/c16-9-2-1-3-10(13(9)17)18-14(19)11-7-4-5-8(6-7)12(11)15(18)20/h1-3,7-8,11-12H,4-6H2/t7-,8-,11+,12+/m0/s1. The molecule has 4 atom stereocenters. The molecule has 0 unspecified atom stereocenters. The lowest BCUT2D eigenvalue weighted by Gasteiger charge is -2.19. The summed E-state index contributed by atoms with van der Waals surface area (Å²) in [6.45, 7) is 0. The molecule has 2 amide bonds. The summed E-state index contributed by atoms with van der Waals surface area (Å²) in [6.07, 6.45) is 3.17. The zero-order valence-electron chi connectivity index (χ0n) is 10.7. The van der Waals surface area contributed by atoms with Crippen molar-refractivity contribution in [2.45, 2.75) is 19.3 Å². The Morgan fingerprint density at radius 2 is 1.60 bits per heavy atom.